The first-order valence-corrected chi connectivity index (χ1v) is 14.4. The summed E-state index contributed by atoms with van der Waals surface area (Å²) in [5.74, 6) is 1.55. The second kappa shape index (κ2) is 10.2. The standard InChI is InChI=1S/C26H35N5O3S/c1-30-18-28-24-11-8-20(15-25(24)30)19-6-9-22(10-7-19)34-17-21-16-31(26-5-3-4-13-27-26)14-12-23(21)29-35(2,32)33/h3-5,8,11,13,15,18-19,21-23,29H,6-7,9-10,12,14,16-17H2,1-2H3/t19?,21-,22?,23-/m0/s1. The Kier molecular flexibility index (Phi) is 7.09. The van der Waals surface area contributed by atoms with Gasteiger partial charge in [0.1, 0.15) is 5.82 Å². The number of piperidine rings is 1. The van der Waals surface area contributed by atoms with Crippen molar-refractivity contribution in [2.75, 3.05) is 30.9 Å². The van der Waals surface area contributed by atoms with Gasteiger partial charge in [0.05, 0.1) is 36.3 Å². The van der Waals surface area contributed by atoms with Gasteiger partial charge in [-0.15, -0.1) is 0 Å². The Bertz CT molecular complexity index is 1240. The third-order valence-corrected chi connectivity index (χ3v) is 8.24. The van der Waals surface area contributed by atoms with Gasteiger partial charge in [0.2, 0.25) is 10.0 Å². The number of pyridine rings is 1. The summed E-state index contributed by atoms with van der Waals surface area (Å²) in [5.41, 5.74) is 3.60. The second-order valence-corrected chi connectivity index (χ2v) is 11.9. The van der Waals surface area contributed by atoms with Gasteiger partial charge >= 0.3 is 0 Å². The zero-order valence-electron chi connectivity index (χ0n) is 20.5. The average molecular weight is 498 g/mol. The third-order valence-electron chi connectivity index (χ3n) is 7.51. The molecule has 2 fully saturated rings. The van der Waals surface area contributed by atoms with Gasteiger partial charge in [0.25, 0.3) is 0 Å². The maximum atomic E-state index is 12.0. The molecule has 0 bridgehead atoms. The van der Waals surface area contributed by atoms with Crippen molar-refractivity contribution in [1.82, 2.24) is 19.3 Å². The summed E-state index contributed by atoms with van der Waals surface area (Å²) in [6.07, 6.45) is 10.1. The fourth-order valence-corrected chi connectivity index (χ4v) is 6.46. The van der Waals surface area contributed by atoms with E-state index in [2.05, 4.69) is 42.4 Å². The number of anilines is 1. The quantitative estimate of drug-likeness (QED) is 0.538. The number of fused-ring (bicyclic) bond motifs is 1. The third kappa shape index (κ3) is 5.85. The Morgan fingerprint density at radius 1 is 1.09 bits per heavy atom. The van der Waals surface area contributed by atoms with Crippen LogP contribution < -0.4 is 9.62 Å². The normalized spacial score (nSPS) is 25.7. The minimum atomic E-state index is -3.28. The van der Waals surface area contributed by atoms with E-state index in [1.165, 1.54) is 17.3 Å². The molecule has 1 N–H and O–H groups in total. The molecule has 188 valence electrons. The molecular weight excluding hydrogens is 462 g/mol. The lowest BCUT2D eigenvalue weighted by atomic mass is 9.82. The highest BCUT2D eigenvalue weighted by Crippen LogP contribution is 2.35. The van der Waals surface area contributed by atoms with Gasteiger partial charge in [-0.2, -0.15) is 0 Å². The number of rotatable bonds is 7. The minimum Gasteiger partial charge on any atom is -0.378 e. The van der Waals surface area contributed by atoms with E-state index < -0.39 is 10.0 Å². The fraction of sp³-hybridized carbons (Fsp3) is 0.538. The van der Waals surface area contributed by atoms with Crippen LogP contribution in [0.25, 0.3) is 11.0 Å². The summed E-state index contributed by atoms with van der Waals surface area (Å²) in [4.78, 5) is 11.2. The van der Waals surface area contributed by atoms with Crippen LogP contribution >= 0.6 is 0 Å². The first-order valence-electron chi connectivity index (χ1n) is 12.5. The number of imidazole rings is 1. The molecule has 2 aromatic heterocycles. The van der Waals surface area contributed by atoms with Gasteiger partial charge < -0.3 is 14.2 Å². The summed E-state index contributed by atoms with van der Waals surface area (Å²) in [5, 5.41) is 0. The van der Waals surface area contributed by atoms with E-state index in [0.29, 0.717) is 12.5 Å². The number of aryl methyl sites for hydroxylation is 1. The topological polar surface area (TPSA) is 89.3 Å². The molecule has 8 nitrogen and oxygen atoms in total. The van der Waals surface area contributed by atoms with E-state index in [1.54, 1.807) is 6.20 Å². The first-order chi connectivity index (χ1) is 16.9. The molecule has 0 spiro atoms. The molecule has 0 radical (unpaired) electrons. The van der Waals surface area contributed by atoms with E-state index in [-0.39, 0.29) is 18.1 Å². The highest BCUT2D eigenvalue weighted by molar-refractivity contribution is 7.88. The Hall–Kier alpha value is -2.49. The van der Waals surface area contributed by atoms with Crippen LogP contribution in [0.4, 0.5) is 5.82 Å². The van der Waals surface area contributed by atoms with Crippen LogP contribution in [0.3, 0.4) is 0 Å². The number of nitrogens with one attached hydrogen (secondary N) is 1. The summed E-state index contributed by atoms with van der Waals surface area (Å²) < 4.78 is 35.3. The largest absolute Gasteiger partial charge is 0.378 e. The van der Waals surface area contributed by atoms with Crippen LogP contribution in [-0.4, -0.2) is 61.1 Å². The van der Waals surface area contributed by atoms with Crippen LogP contribution in [0, 0.1) is 5.92 Å². The molecule has 2 atom stereocenters. The highest BCUT2D eigenvalue weighted by Gasteiger charge is 2.33. The molecule has 2 aliphatic rings. The van der Waals surface area contributed by atoms with E-state index in [4.69, 9.17) is 4.74 Å². The van der Waals surface area contributed by atoms with Gasteiger partial charge in [-0.05, 0) is 67.9 Å². The molecule has 5 rings (SSSR count). The maximum Gasteiger partial charge on any atom is 0.208 e. The number of aromatic nitrogens is 3. The van der Waals surface area contributed by atoms with Gasteiger partial charge in [0, 0.05) is 38.3 Å². The molecule has 3 heterocycles. The monoisotopic (exact) mass is 497 g/mol. The number of benzene rings is 1. The number of hydrogen-bond acceptors (Lipinski definition) is 6. The lowest BCUT2D eigenvalue weighted by Gasteiger charge is -2.40. The molecule has 0 amide bonds. The predicted molar refractivity (Wildman–Crippen MR) is 138 cm³/mol. The molecular formula is C26H35N5O3S. The van der Waals surface area contributed by atoms with Crippen molar-refractivity contribution in [3.8, 4) is 0 Å². The van der Waals surface area contributed by atoms with Gasteiger partial charge in [-0.25, -0.2) is 23.1 Å². The zero-order chi connectivity index (χ0) is 24.4. The highest BCUT2D eigenvalue weighted by atomic mass is 32.2. The molecule has 35 heavy (non-hydrogen) atoms. The number of sulfonamides is 1. The Morgan fingerprint density at radius 2 is 1.91 bits per heavy atom. The van der Waals surface area contributed by atoms with Crippen LogP contribution in [0.5, 0.6) is 0 Å². The molecule has 1 aliphatic heterocycles. The van der Waals surface area contributed by atoms with Crippen molar-refractivity contribution < 1.29 is 13.2 Å². The van der Waals surface area contributed by atoms with E-state index in [1.807, 2.05) is 31.6 Å². The lowest BCUT2D eigenvalue weighted by molar-refractivity contribution is -0.00213. The Morgan fingerprint density at radius 3 is 2.66 bits per heavy atom. The molecule has 1 saturated carbocycles. The molecule has 0 unspecified atom stereocenters. The van der Waals surface area contributed by atoms with Crippen LogP contribution in [0.1, 0.15) is 43.6 Å². The molecule has 1 aliphatic carbocycles. The Labute approximate surface area is 207 Å². The molecule has 1 saturated heterocycles. The summed E-state index contributed by atoms with van der Waals surface area (Å²) in [7, 11) is -1.24. The first kappa shape index (κ1) is 24.2. The van der Waals surface area contributed by atoms with Crippen molar-refractivity contribution in [2.45, 2.75) is 50.2 Å². The van der Waals surface area contributed by atoms with Crippen molar-refractivity contribution in [3.63, 3.8) is 0 Å². The van der Waals surface area contributed by atoms with E-state index in [9.17, 15) is 8.42 Å². The van der Waals surface area contributed by atoms with Crippen LogP contribution in [-0.2, 0) is 21.8 Å². The van der Waals surface area contributed by atoms with Crippen molar-refractivity contribution in [1.29, 1.82) is 0 Å². The van der Waals surface area contributed by atoms with Crippen molar-refractivity contribution in [3.05, 3.63) is 54.5 Å². The number of ether oxygens (including phenoxy) is 1. The van der Waals surface area contributed by atoms with Crippen LogP contribution in [0.2, 0.25) is 0 Å². The predicted octanol–water partition coefficient (Wildman–Crippen LogP) is 3.46. The summed E-state index contributed by atoms with van der Waals surface area (Å²) in [6.45, 7) is 2.05. The molecule has 1 aromatic carbocycles. The summed E-state index contributed by atoms with van der Waals surface area (Å²) >= 11 is 0. The number of hydrogen-bond donors (Lipinski definition) is 1. The second-order valence-electron chi connectivity index (χ2n) is 10.1. The van der Waals surface area contributed by atoms with Gasteiger partial charge in [-0.1, -0.05) is 12.1 Å². The Balaban J connectivity index is 1.19. The van der Waals surface area contributed by atoms with Gasteiger partial charge in [0.15, 0.2) is 0 Å². The van der Waals surface area contributed by atoms with Crippen molar-refractivity contribution >= 4 is 26.9 Å². The smallest absolute Gasteiger partial charge is 0.208 e. The van der Waals surface area contributed by atoms with Crippen molar-refractivity contribution in [2.24, 2.45) is 13.0 Å². The lowest BCUT2D eigenvalue weighted by Crippen LogP contribution is -2.52. The van der Waals surface area contributed by atoms with Crippen LogP contribution in [0.15, 0.2) is 48.9 Å². The SMILES string of the molecule is Cn1cnc2ccc(C3CCC(OC[C@@H]4CN(c5ccccn5)CC[C@@H]4NS(C)(=O)=O)CC3)cc21. The van der Waals surface area contributed by atoms with E-state index in [0.717, 1.165) is 56.5 Å². The maximum absolute atomic E-state index is 12.0. The minimum absolute atomic E-state index is 0.0745. The average Bonchev–Trinajstić information content (AvgIpc) is 3.23. The number of nitrogens with zero attached hydrogens (tertiary/aromatic N) is 4. The molecule has 3 aromatic rings. The summed E-state index contributed by atoms with van der Waals surface area (Å²) in [6, 6.07) is 12.4. The van der Waals surface area contributed by atoms with Gasteiger partial charge in [-0.3, -0.25) is 0 Å². The fourth-order valence-electron chi connectivity index (χ4n) is 5.60. The zero-order valence-corrected chi connectivity index (χ0v) is 21.3. The van der Waals surface area contributed by atoms with E-state index >= 15 is 0 Å². The molecule has 9 heteroatoms.